The van der Waals surface area contributed by atoms with Gasteiger partial charge < -0.3 is 34.8 Å². The van der Waals surface area contributed by atoms with E-state index in [1.54, 1.807) is 43.3 Å². The molecule has 11 heteroatoms. The topological polar surface area (TPSA) is 125 Å². The molecule has 0 spiro atoms. The Bertz CT molecular complexity index is 1360. The molecule has 0 saturated carbocycles. The number of aliphatic hydroxyl groups is 1. The predicted molar refractivity (Wildman–Crippen MR) is 147 cm³/mol. The van der Waals surface area contributed by atoms with Crippen molar-refractivity contribution in [3.8, 4) is 0 Å². The Morgan fingerprint density at radius 1 is 1.13 bits per heavy atom. The number of hydrogen-bond acceptors (Lipinski definition) is 8. The van der Waals surface area contributed by atoms with Crippen LogP contribution in [0.3, 0.4) is 0 Å². The highest BCUT2D eigenvalue weighted by molar-refractivity contribution is 5.94. The molecule has 0 unspecified atom stereocenters. The average Bonchev–Trinajstić information content (AvgIpc) is 3.43. The Morgan fingerprint density at radius 3 is 2.69 bits per heavy atom. The number of nitrogens with one attached hydrogen (secondary N) is 2. The van der Waals surface area contributed by atoms with Gasteiger partial charge in [0.1, 0.15) is 12.5 Å². The van der Waals surface area contributed by atoms with Crippen molar-refractivity contribution in [3.63, 3.8) is 0 Å². The Kier molecular flexibility index (Phi) is 7.62. The molecule has 4 heterocycles. The number of anilines is 2. The molecule has 0 radical (unpaired) electrons. The molecule has 11 nitrogen and oxygen atoms in total. The molecule has 0 bridgehead atoms. The Balaban J connectivity index is 1.31. The van der Waals surface area contributed by atoms with Crippen LogP contribution in [0.25, 0.3) is 5.70 Å². The fourth-order valence-corrected chi connectivity index (χ4v) is 4.50. The van der Waals surface area contributed by atoms with Crippen LogP contribution in [0.1, 0.15) is 35.6 Å². The molecule has 2 aromatic heterocycles. The molecule has 1 aromatic carbocycles. The lowest BCUT2D eigenvalue weighted by Crippen LogP contribution is -2.46. The molecular formula is C28H33N7O4. The van der Waals surface area contributed by atoms with E-state index in [1.165, 1.54) is 0 Å². The largest absolute Gasteiger partial charge is 0.394 e. The van der Waals surface area contributed by atoms with Crippen LogP contribution in [0.4, 0.5) is 11.5 Å². The molecular weight excluding hydrogens is 498 g/mol. The highest BCUT2D eigenvalue weighted by Gasteiger charge is 2.22. The van der Waals surface area contributed by atoms with Gasteiger partial charge in [-0.1, -0.05) is 12.1 Å². The Morgan fingerprint density at radius 2 is 1.95 bits per heavy atom. The van der Waals surface area contributed by atoms with Crippen LogP contribution in [0.5, 0.6) is 0 Å². The van der Waals surface area contributed by atoms with Crippen molar-refractivity contribution in [1.29, 1.82) is 0 Å². The van der Waals surface area contributed by atoms with Crippen LogP contribution in [0, 0.1) is 0 Å². The van der Waals surface area contributed by atoms with Crippen LogP contribution < -0.4 is 15.5 Å². The van der Waals surface area contributed by atoms with E-state index in [4.69, 9.17) is 4.74 Å². The normalized spacial score (nSPS) is 15.4. The summed E-state index contributed by atoms with van der Waals surface area (Å²) in [6.07, 6.45) is 7.40. The number of pyridine rings is 1. The quantitative estimate of drug-likeness (QED) is 0.404. The molecule has 1 saturated heterocycles. The third-order valence-electron chi connectivity index (χ3n) is 6.60. The van der Waals surface area contributed by atoms with Crippen molar-refractivity contribution in [2.75, 3.05) is 43.1 Å². The summed E-state index contributed by atoms with van der Waals surface area (Å²) in [5.74, 6) is 1.15. The van der Waals surface area contributed by atoms with E-state index < -0.39 is 5.54 Å². The molecule has 204 valence electrons. The summed E-state index contributed by atoms with van der Waals surface area (Å²) in [5, 5.41) is 15.6. The van der Waals surface area contributed by atoms with E-state index >= 15 is 0 Å². The number of benzene rings is 1. The maximum atomic E-state index is 12.8. The Hall–Kier alpha value is -4.22. The first-order valence-electron chi connectivity index (χ1n) is 12.9. The van der Waals surface area contributed by atoms with Gasteiger partial charge in [-0.05, 0) is 43.7 Å². The minimum atomic E-state index is -0.676. The highest BCUT2D eigenvalue weighted by atomic mass is 16.5. The van der Waals surface area contributed by atoms with Gasteiger partial charge in [-0.2, -0.15) is 0 Å². The summed E-state index contributed by atoms with van der Waals surface area (Å²) in [4.78, 5) is 38.1. The minimum Gasteiger partial charge on any atom is -0.394 e. The van der Waals surface area contributed by atoms with Crippen molar-refractivity contribution in [2.24, 2.45) is 0 Å². The van der Waals surface area contributed by atoms with E-state index in [0.717, 1.165) is 22.8 Å². The number of aromatic nitrogens is 3. The zero-order valence-corrected chi connectivity index (χ0v) is 22.1. The fourth-order valence-electron chi connectivity index (χ4n) is 4.50. The zero-order valence-electron chi connectivity index (χ0n) is 22.1. The monoisotopic (exact) mass is 531 g/mol. The standard InChI is InChI=1S/C28H33N7O4/c1-28(2,18-36)32-25(37)15-20-4-3-5-22(14-20)35-17-23(26-29-8-9-34(26)19-35)31-24-7-6-21(16-30-24)27(38)33-10-12-39-13-11-33/h3-9,14,16-17,36H,10-13,15,18-19H2,1-2H3,(H,30,31)(H,32,37). The number of carbonyl (C=O) groups excluding carboxylic acids is 2. The first-order chi connectivity index (χ1) is 18.8. The maximum absolute atomic E-state index is 12.8. The second-order valence-electron chi connectivity index (χ2n) is 10.3. The number of fused-ring (bicyclic) bond motifs is 1. The number of amides is 2. The summed E-state index contributed by atoms with van der Waals surface area (Å²) >= 11 is 0. The Labute approximate surface area is 227 Å². The van der Waals surface area contributed by atoms with Gasteiger partial charge in [0.15, 0.2) is 5.82 Å². The van der Waals surface area contributed by atoms with E-state index in [2.05, 4.69) is 25.5 Å². The van der Waals surface area contributed by atoms with Crippen molar-refractivity contribution >= 4 is 29.0 Å². The summed E-state index contributed by atoms with van der Waals surface area (Å²) < 4.78 is 7.35. The van der Waals surface area contributed by atoms with Crippen molar-refractivity contribution < 1.29 is 19.4 Å². The molecule has 1 fully saturated rings. The number of nitrogens with zero attached hydrogens (tertiary/aromatic N) is 5. The second kappa shape index (κ2) is 11.3. The molecule has 0 atom stereocenters. The van der Waals surface area contributed by atoms with Crippen LogP contribution in [0.2, 0.25) is 0 Å². The smallest absolute Gasteiger partial charge is 0.255 e. The maximum Gasteiger partial charge on any atom is 0.255 e. The third-order valence-corrected chi connectivity index (χ3v) is 6.60. The highest BCUT2D eigenvalue weighted by Crippen LogP contribution is 2.27. The van der Waals surface area contributed by atoms with Gasteiger partial charge in [-0.15, -0.1) is 0 Å². The fraction of sp³-hybridized carbons (Fsp3) is 0.357. The van der Waals surface area contributed by atoms with Gasteiger partial charge in [-0.3, -0.25) is 9.59 Å². The van der Waals surface area contributed by atoms with E-state index in [1.807, 2.05) is 41.2 Å². The summed E-state index contributed by atoms with van der Waals surface area (Å²) in [6, 6.07) is 11.4. The first kappa shape index (κ1) is 26.4. The van der Waals surface area contributed by atoms with Crippen LogP contribution >= 0.6 is 0 Å². The van der Waals surface area contributed by atoms with Crippen molar-refractivity contribution in [2.45, 2.75) is 32.5 Å². The van der Waals surface area contributed by atoms with Crippen molar-refractivity contribution in [3.05, 3.63) is 78.1 Å². The van der Waals surface area contributed by atoms with Gasteiger partial charge in [-0.25, -0.2) is 9.97 Å². The lowest BCUT2D eigenvalue weighted by molar-refractivity contribution is -0.122. The summed E-state index contributed by atoms with van der Waals surface area (Å²) in [5.41, 5.74) is 2.38. The minimum absolute atomic E-state index is 0.0514. The molecule has 3 aromatic rings. The summed E-state index contributed by atoms with van der Waals surface area (Å²) in [7, 11) is 0. The van der Waals surface area contributed by atoms with Gasteiger partial charge in [0.2, 0.25) is 5.91 Å². The number of carbonyl (C=O) groups is 2. The lowest BCUT2D eigenvalue weighted by Gasteiger charge is -2.29. The lowest BCUT2D eigenvalue weighted by atomic mass is 10.1. The summed E-state index contributed by atoms with van der Waals surface area (Å²) in [6.45, 7) is 6.23. The number of rotatable bonds is 8. The number of aliphatic hydroxyl groups excluding tert-OH is 1. The van der Waals surface area contributed by atoms with E-state index in [0.29, 0.717) is 44.4 Å². The molecule has 3 N–H and O–H groups in total. The molecule has 39 heavy (non-hydrogen) atoms. The van der Waals surface area contributed by atoms with Gasteiger partial charge in [0, 0.05) is 43.6 Å². The molecule has 5 rings (SSSR count). The van der Waals surface area contributed by atoms with Crippen LogP contribution in [0.15, 0.2) is 61.2 Å². The average molecular weight is 532 g/mol. The van der Waals surface area contributed by atoms with Gasteiger partial charge in [0.05, 0.1) is 43.0 Å². The van der Waals surface area contributed by atoms with E-state index in [-0.39, 0.29) is 24.8 Å². The van der Waals surface area contributed by atoms with Crippen LogP contribution in [-0.2, 0) is 22.6 Å². The van der Waals surface area contributed by atoms with Gasteiger partial charge in [0.25, 0.3) is 5.91 Å². The number of imidazole rings is 1. The predicted octanol–water partition coefficient (Wildman–Crippen LogP) is 2.07. The second-order valence-corrected chi connectivity index (χ2v) is 10.3. The first-order valence-corrected chi connectivity index (χ1v) is 12.9. The molecule has 2 aliphatic rings. The SMILES string of the molecule is CC(C)(CO)NC(=O)Cc1cccc(N2C=C(Nc3ccc(C(=O)N4CCOCC4)cn3)c3nccn3C2)c1. The van der Waals surface area contributed by atoms with Crippen LogP contribution in [-0.4, -0.2) is 74.8 Å². The van der Waals surface area contributed by atoms with Gasteiger partial charge >= 0.3 is 0 Å². The van der Waals surface area contributed by atoms with E-state index in [9.17, 15) is 14.7 Å². The molecule has 2 amide bonds. The number of morpholine rings is 1. The number of hydrogen-bond donors (Lipinski definition) is 3. The number of ether oxygens (including phenoxy) is 1. The molecule has 2 aliphatic heterocycles. The molecule has 0 aliphatic carbocycles. The zero-order chi connectivity index (χ0) is 27.4. The van der Waals surface area contributed by atoms with Crippen molar-refractivity contribution in [1.82, 2.24) is 24.8 Å². The third kappa shape index (κ3) is 6.27.